The summed E-state index contributed by atoms with van der Waals surface area (Å²) in [6.07, 6.45) is 3.57. The van der Waals surface area contributed by atoms with E-state index in [0.29, 0.717) is 0 Å². The average molecular weight is 294 g/mol. The van der Waals surface area contributed by atoms with Crippen LogP contribution in [0.4, 0.5) is 0 Å². The van der Waals surface area contributed by atoms with Crippen molar-refractivity contribution >= 4 is 23.1 Å². The van der Waals surface area contributed by atoms with Crippen molar-refractivity contribution in [3.05, 3.63) is 33.5 Å². The number of thiophene rings is 1. The molecule has 0 aromatic carbocycles. The first-order chi connectivity index (χ1) is 9.28. The normalized spacial score (nSPS) is 16.3. The molecule has 0 spiro atoms. The Hall–Kier alpha value is -0.850. The van der Waals surface area contributed by atoms with Crippen molar-refractivity contribution in [2.45, 2.75) is 38.1 Å². The minimum absolute atomic E-state index is 0.0371. The summed E-state index contributed by atoms with van der Waals surface area (Å²) < 4.78 is 1.92. The molecule has 0 fully saturated rings. The molecule has 4 nitrogen and oxygen atoms in total. The zero-order valence-electron chi connectivity index (χ0n) is 11.0. The maximum Gasteiger partial charge on any atom is 0.138 e. The van der Waals surface area contributed by atoms with Crippen LogP contribution in [0.1, 0.15) is 34.1 Å². The first-order valence-corrected chi connectivity index (χ1v) is 8.56. The summed E-state index contributed by atoms with van der Waals surface area (Å²) in [5, 5.41) is 4.20. The van der Waals surface area contributed by atoms with Crippen molar-refractivity contribution < 1.29 is 0 Å². The van der Waals surface area contributed by atoms with Crippen molar-refractivity contribution in [1.29, 1.82) is 0 Å². The largest absolute Gasteiger partial charge is 0.323 e. The van der Waals surface area contributed by atoms with Crippen LogP contribution in [0.15, 0.2) is 12.4 Å². The quantitative estimate of drug-likeness (QED) is 0.940. The van der Waals surface area contributed by atoms with Crippen LogP contribution in [0.25, 0.3) is 0 Å². The summed E-state index contributed by atoms with van der Waals surface area (Å²) in [6.45, 7) is 2.92. The number of hydrogen-bond donors (Lipinski definition) is 1. The first kappa shape index (κ1) is 13.1. The predicted molar refractivity (Wildman–Crippen MR) is 80.5 cm³/mol. The van der Waals surface area contributed by atoms with E-state index in [1.807, 2.05) is 27.8 Å². The molecular weight excluding hydrogens is 276 g/mol. The second-order valence-corrected chi connectivity index (χ2v) is 6.98. The van der Waals surface area contributed by atoms with Gasteiger partial charge in [0.1, 0.15) is 12.2 Å². The van der Waals surface area contributed by atoms with E-state index >= 15 is 0 Å². The van der Waals surface area contributed by atoms with E-state index in [1.54, 1.807) is 6.33 Å². The minimum Gasteiger partial charge on any atom is -0.323 e. The minimum atomic E-state index is 0.0371. The molecule has 3 rings (SSSR count). The van der Waals surface area contributed by atoms with E-state index in [9.17, 15) is 0 Å². The zero-order valence-corrected chi connectivity index (χ0v) is 12.6. The highest BCUT2D eigenvalue weighted by molar-refractivity contribution is 7.98. The number of aromatic nitrogens is 3. The van der Waals surface area contributed by atoms with Gasteiger partial charge in [-0.3, -0.25) is 4.68 Å². The molecule has 0 radical (unpaired) electrons. The molecule has 2 aromatic rings. The molecule has 6 heteroatoms. The maximum atomic E-state index is 6.34. The third-order valence-electron chi connectivity index (χ3n) is 3.41. The maximum absolute atomic E-state index is 6.34. The van der Waals surface area contributed by atoms with Gasteiger partial charge in [-0.2, -0.15) is 16.9 Å². The van der Waals surface area contributed by atoms with E-state index < -0.39 is 0 Å². The lowest BCUT2D eigenvalue weighted by molar-refractivity contribution is 0.584. The Morgan fingerprint density at radius 2 is 2.42 bits per heavy atom. The van der Waals surface area contributed by atoms with Crippen LogP contribution in [0.3, 0.4) is 0 Å². The molecular formula is C13H18N4S2. The van der Waals surface area contributed by atoms with Gasteiger partial charge in [0.25, 0.3) is 0 Å². The standard InChI is InChI=1S/C13H18N4S2/c1-2-17-13(15-8-16-17)6-10(14)12-5-9-7-18-4-3-11(9)19-12/h5,8,10H,2-4,6-7,14H2,1H3. The monoisotopic (exact) mass is 294 g/mol. The number of hydrogen-bond acceptors (Lipinski definition) is 5. The Bertz CT molecular complexity index is 537. The molecule has 0 bridgehead atoms. The molecule has 1 aliphatic rings. The molecule has 1 aliphatic heterocycles. The van der Waals surface area contributed by atoms with Crippen LogP contribution < -0.4 is 5.73 Å². The summed E-state index contributed by atoms with van der Waals surface area (Å²) >= 11 is 3.90. The van der Waals surface area contributed by atoms with Gasteiger partial charge in [-0.15, -0.1) is 11.3 Å². The van der Waals surface area contributed by atoms with Crippen molar-refractivity contribution in [3.63, 3.8) is 0 Å². The number of fused-ring (bicyclic) bond motifs is 1. The molecule has 2 aromatic heterocycles. The fourth-order valence-corrected chi connectivity index (χ4v) is 4.74. The molecule has 2 N–H and O–H groups in total. The zero-order chi connectivity index (χ0) is 13.2. The van der Waals surface area contributed by atoms with Crippen molar-refractivity contribution in [2.24, 2.45) is 5.73 Å². The highest BCUT2D eigenvalue weighted by Crippen LogP contribution is 2.34. The van der Waals surface area contributed by atoms with Gasteiger partial charge in [0, 0.05) is 34.5 Å². The van der Waals surface area contributed by atoms with Gasteiger partial charge >= 0.3 is 0 Å². The SMILES string of the molecule is CCn1ncnc1CC(N)c1cc2c(s1)CCSC2. The molecule has 3 heterocycles. The van der Waals surface area contributed by atoms with Crippen molar-refractivity contribution in [1.82, 2.24) is 14.8 Å². The Balaban J connectivity index is 1.76. The first-order valence-electron chi connectivity index (χ1n) is 6.59. The smallest absolute Gasteiger partial charge is 0.138 e. The van der Waals surface area contributed by atoms with Gasteiger partial charge in [0.2, 0.25) is 0 Å². The second-order valence-electron chi connectivity index (χ2n) is 4.70. The van der Waals surface area contributed by atoms with E-state index in [0.717, 1.165) is 24.5 Å². The van der Waals surface area contributed by atoms with Crippen LogP contribution >= 0.6 is 23.1 Å². The Kier molecular flexibility index (Phi) is 3.91. The van der Waals surface area contributed by atoms with Gasteiger partial charge in [-0.05, 0) is 30.7 Å². The van der Waals surface area contributed by atoms with E-state index in [2.05, 4.69) is 23.1 Å². The Morgan fingerprint density at radius 1 is 1.53 bits per heavy atom. The highest BCUT2D eigenvalue weighted by Gasteiger charge is 2.18. The summed E-state index contributed by atoms with van der Waals surface area (Å²) in [4.78, 5) is 7.13. The summed E-state index contributed by atoms with van der Waals surface area (Å²) in [7, 11) is 0. The van der Waals surface area contributed by atoms with Gasteiger partial charge in [-0.25, -0.2) is 4.98 Å². The van der Waals surface area contributed by atoms with Crippen LogP contribution in [0, 0.1) is 0 Å². The third kappa shape index (κ3) is 2.70. The number of rotatable bonds is 4. The van der Waals surface area contributed by atoms with Crippen molar-refractivity contribution in [3.8, 4) is 0 Å². The Labute approximate surface area is 121 Å². The molecule has 102 valence electrons. The molecule has 0 saturated carbocycles. The second kappa shape index (κ2) is 5.64. The molecule has 0 saturated heterocycles. The fraction of sp³-hybridized carbons (Fsp3) is 0.538. The highest BCUT2D eigenvalue weighted by atomic mass is 32.2. The van der Waals surface area contributed by atoms with Crippen LogP contribution in [-0.4, -0.2) is 20.5 Å². The summed E-state index contributed by atoms with van der Waals surface area (Å²) in [5.41, 5.74) is 7.83. The number of aryl methyl sites for hydroxylation is 2. The number of nitrogens with zero attached hydrogens (tertiary/aromatic N) is 3. The van der Waals surface area contributed by atoms with Gasteiger partial charge in [-0.1, -0.05) is 0 Å². The molecule has 1 unspecified atom stereocenters. The lowest BCUT2D eigenvalue weighted by Gasteiger charge is -2.09. The third-order valence-corrected chi connectivity index (χ3v) is 5.79. The van der Waals surface area contributed by atoms with Gasteiger partial charge in [0.15, 0.2) is 0 Å². The number of nitrogens with two attached hydrogens (primary N) is 1. The molecule has 1 atom stereocenters. The van der Waals surface area contributed by atoms with Crippen LogP contribution in [0.5, 0.6) is 0 Å². The van der Waals surface area contributed by atoms with E-state index in [-0.39, 0.29) is 6.04 Å². The van der Waals surface area contributed by atoms with E-state index in [1.165, 1.54) is 27.5 Å². The lowest BCUT2D eigenvalue weighted by Crippen LogP contribution is -2.15. The summed E-state index contributed by atoms with van der Waals surface area (Å²) in [5.74, 6) is 3.37. The van der Waals surface area contributed by atoms with Crippen LogP contribution in [0.2, 0.25) is 0 Å². The summed E-state index contributed by atoms with van der Waals surface area (Å²) in [6, 6.07) is 2.33. The molecule has 0 amide bonds. The molecule has 19 heavy (non-hydrogen) atoms. The lowest BCUT2D eigenvalue weighted by atomic mass is 10.1. The van der Waals surface area contributed by atoms with Gasteiger partial charge in [0.05, 0.1) is 0 Å². The van der Waals surface area contributed by atoms with Gasteiger partial charge < -0.3 is 5.73 Å². The fourth-order valence-electron chi connectivity index (χ4n) is 2.36. The van der Waals surface area contributed by atoms with Crippen molar-refractivity contribution in [2.75, 3.05) is 5.75 Å². The topological polar surface area (TPSA) is 56.7 Å². The number of thioether (sulfide) groups is 1. The van der Waals surface area contributed by atoms with Crippen LogP contribution in [-0.2, 0) is 25.1 Å². The predicted octanol–water partition coefficient (Wildman–Crippen LogP) is 2.39. The Morgan fingerprint density at radius 3 is 3.21 bits per heavy atom. The molecule has 0 aliphatic carbocycles. The van der Waals surface area contributed by atoms with E-state index in [4.69, 9.17) is 5.73 Å². The average Bonchev–Trinajstić information content (AvgIpc) is 3.03.